The number of fused-ring (bicyclic) bond motifs is 1. The van der Waals surface area contributed by atoms with Crippen LogP contribution in [0.2, 0.25) is 0 Å². The van der Waals surface area contributed by atoms with Crippen molar-refractivity contribution in [1.82, 2.24) is 19.6 Å². The van der Waals surface area contributed by atoms with E-state index in [9.17, 15) is 18.0 Å². The van der Waals surface area contributed by atoms with Gasteiger partial charge in [0.1, 0.15) is 0 Å². The molecule has 0 unspecified atom stereocenters. The van der Waals surface area contributed by atoms with Gasteiger partial charge in [-0.1, -0.05) is 6.07 Å². The highest BCUT2D eigenvalue weighted by atomic mass is 35.5. The van der Waals surface area contributed by atoms with Crippen LogP contribution in [0.1, 0.15) is 34.8 Å². The van der Waals surface area contributed by atoms with Crippen molar-refractivity contribution in [3.63, 3.8) is 0 Å². The number of hydrogen-bond donors (Lipinski definition) is 2. The minimum Gasteiger partial charge on any atom is -0.326 e. The Bertz CT molecular complexity index is 1030. The summed E-state index contributed by atoms with van der Waals surface area (Å²) >= 11 is 0. The molecule has 0 spiro atoms. The Morgan fingerprint density at radius 2 is 1.97 bits per heavy atom. The Hall–Kier alpha value is -2.72. The minimum absolute atomic E-state index is 0. The fourth-order valence-corrected chi connectivity index (χ4v) is 2.93. The van der Waals surface area contributed by atoms with Crippen LogP contribution in [0.5, 0.6) is 0 Å². The van der Waals surface area contributed by atoms with Gasteiger partial charge in [-0.25, -0.2) is 9.50 Å². The lowest BCUT2D eigenvalue weighted by Gasteiger charge is -2.12. The number of amides is 1. The Morgan fingerprint density at radius 3 is 2.62 bits per heavy atom. The second-order valence-electron chi connectivity index (χ2n) is 6.33. The van der Waals surface area contributed by atoms with Crippen molar-refractivity contribution in [2.45, 2.75) is 39.4 Å². The SMILES string of the molecule is Cc1nc2nc(CN)nn2c(C)c1CCC(=O)Nc1cccc(C(F)(F)F)c1.Cl. The maximum atomic E-state index is 12.8. The Labute approximate surface area is 170 Å². The third-order valence-corrected chi connectivity index (χ3v) is 4.35. The molecule has 0 saturated heterocycles. The van der Waals surface area contributed by atoms with Gasteiger partial charge in [-0.2, -0.15) is 18.2 Å². The molecule has 29 heavy (non-hydrogen) atoms. The number of carbonyl (C=O) groups is 1. The number of rotatable bonds is 5. The second kappa shape index (κ2) is 8.75. The van der Waals surface area contributed by atoms with Crippen LogP contribution < -0.4 is 11.1 Å². The second-order valence-corrected chi connectivity index (χ2v) is 6.33. The van der Waals surface area contributed by atoms with Crippen LogP contribution in [0, 0.1) is 13.8 Å². The number of anilines is 1. The van der Waals surface area contributed by atoms with Crippen molar-refractivity contribution >= 4 is 29.8 Å². The van der Waals surface area contributed by atoms with Crippen molar-refractivity contribution in [1.29, 1.82) is 0 Å². The van der Waals surface area contributed by atoms with Crippen molar-refractivity contribution in [2.75, 3.05) is 5.32 Å². The van der Waals surface area contributed by atoms with E-state index in [1.807, 2.05) is 13.8 Å². The van der Waals surface area contributed by atoms with Crippen LogP contribution in [-0.4, -0.2) is 25.5 Å². The van der Waals surface area contributed by atoms with E-state index in [1.165, 1.54) is 12.1 Å². The largest absolute Gasteiger partial charge is 0.416 e. The van der Waals surface area contributed by atoms with Crippen LogP contribution in [0.25, 0.3) is 5.78 Å². The number of nitrogens with one attached hydrogen (secondary N) is 1. The molecule has 0 radical (unpaired) electrons. The van der Waals surface area contributed by atoms with Gasteiger partial charge in [-0.05, 0) is 44.0 Å². The maximum Gasteiger partial charge on any atom is 0.416 e. The molecule has 156 valence electrons. The lowest BCUT2D eigenvalue weighted by atomic mass is 10.1. The predicted molar refractivity (Wildman–Crippen MR) is 104 cm³/mol. The van der Waals surface area contributed by atoms with Crippen LogP contribution >= 0.6 is 12.4 Å². The topological polar surface area (TPSA) is 98.2 Å². The van der Waals surface area contributed by atoms with Gasteiger partial charge in [-0.3, -0.25) is 4.79 Å². The summed E-state index contributed by atoms with van der Waals surface area (Å²) in [5, 5.41) is 6.77. The molecular formula is C18H20ClF3N6O. The molecule has 0 atom stereocenters. The fourth-order valence-electron chi connectivity index (χ4n) is 2.93. The molecule has 3 aromatic rings. The molecule has 0 aliphatic carbocycles. The van der Waals surface area contributed by atoms with E-state index in [0.717, 1.165) is 23.4 Å². The third-order valence-electron chi connectivity index (χ3n) is 4.35. The molecule has 3 N–H and O–H groups in total. The van der Waals surface area contributed by atoms with Gasteiger partial charge in [0.15, 0.2) is 5.82 Å². The van der Waals surface area contributed by atoms with E-state index in [4.69, 9.17) is 5.73 Å². The third kappa shape index (κ3) is 5.01. The van der Waals surface area contributed by atoms with Crippen molar-refractivity contribution in [3.05, 3.63) is 52.6 Å². The molecule has 0 aliphatic heterocycles. The number of halogens is 4. The Morgan fingerprint density at radius 1 is 1.24 bits per heavy atom. The molecule has 1 amide bonds. The predicted octanol–water partition coefficient (Wildman–Crippen LogP) is 3.21. The smallest absolute Gasteiger partial charge is 0.326 e. The standard InChI is InChI=1S/C18H19F3N6O.ClH/c1-10-14(11(2)27-17(23-10)25-15(9-22)26-27)6-7-16(28)24-13-5-3-4-12(8-13)18(19,20)21;/h3-5,8H,6-7,9,22H2,1-2H3,(H,24,28);1H. The highest BCUT2D eigenvalue weighted by molar-refractivity contribution is 5.91. The average Bonchev–Trinajstić information content (AvgIpc) is 3.04. The van der Waals surface area contributed by atoms with Gasteiger partial charge in [0.25, 0.3) is 5.78 Å². The molecule has 0 saturated carbocycles. The number of nitrogens with two attached hydrogens (primary N) is 1. The highest BCUT2D eigenvalue weighted by Gasteiger charge is 2.30. The molecule has 0 aliphatic rings. The molecule has 0 bridgehead atoms. The van der Waals surface area contributed by atoms with E-state index >= 15 is 0 Å². The Kier molecular flexibility index (Phi) is 6.81. The first-order valence-corrected chi connectivity index (χ1v) is 8.58. The van der Waals surface area contributed by atoms with Gasteiger partial charge in [0, 0.05) is 23.5 Å². The molecule has 1 aromatic carbocycles. The van der Waals surface area contributed by atoms with Crippen LogP contribution in [0.15, 0.2) is 24.3 Å². The van der Waals surface area contributed by atoms with Gasteiger partial charge >= 0.3 is 6.18 Å². The van der Waals surface area contributed by atoms with Crippen molar-refractivity contribution in [2.24, 2.45) is 5.73 Å². The summed E-state index contributed by atoms with van der Waals surface area (Å²) in [7, 11) is 0. The first kappa shape index (κ1) is 22.6. The van der Waals surface area contributed by atoms with Crippen LogP contribution in [0.4, 0.5) is 18.9 Å². The van der Waals surface area contributed by atoms with Crippen molar-refractivity contribution < 1.29 is 18.0 Å². The zero-order valence-electron chi connectivity index (χ0n) is 15.7. The number of benzene rings is 1. The zero-order chi connectivity index (χ0) is 20.5. The molecule has 2 aromatic heterocycles. The quantitative estimate of drug-likeness (QED) is 0.650. The number of aromatic nitrogens is 4. The van der Waals surface area contributed by atoms with E-state index < -0.39 is 11.7 Å². The normalized spacial score (nSPS) is 11.4. The number of alkyl halides is 3. The number of aryl methyl sites for hydroxylation is 2. The fraction of sp³-hybridized carbons (Fsp3) is 0.333. The number of nitrogens with zero attached hydrogens (tertiary/aromatic N) is 4. The average molecular weight is 429 g/mol. The lowest BCUT2D eigenvalue weighted by Crippen LogP contribution is -2.15. The molecule has 3 rings (SSSR count). The number of carbonyl (C=O) groups excluding carboxylic acids is 1. The molecule has 2 heterocycles. The highest BCUT2D eigenvalue weighted by Crippen LogP contribution is 2.30. The van der Waals surface area contributed by atoms with Gasteiger partial charge in [-0.15, -0.1) is 17.5 Å². The monoisotopic (exact) mass is 428 g/mol. The number of hydrogen-bond acceptors (Lipinski definition) is 5. The van der Waals surface area contributed by atoms with Gasteiger partial charge in [0.05, 0.1) is 12.1 Å². The van der Waals surface area contributed by atoms with Gasteiger partial charge in [0.2, 0.25) is 5.91 Å². The van der Waals surface area contributed by atoms with Crippen LogP contribution in [0.3, 0.4) is 0 Å². The summed E-state index contributed by atoms with van der Waals surface area (Å²) in [6.07, 6.45) is -4.01. The summed E-state index contributed by atoms with van der Waals surface area (Å²) < 4.78 is 39.9. The molecule has 11 heteroatoms. The summed E-state index contributed by atoms with van der Waals surface area (Å²) in [5.74, 6) is 0.515. The Balaban J connectivity index is 0.00000300. The van der Waals surface area contributed by atoms with Crippen molar-refractivity contribution in [3.8, 4) is 0 Å². The van der Waals surface area contributed by atoms with E-state index in [2.05, 4.69) is 20.4 Å². The summed E-state index contributed by atoms with van der Waals surface area (Å²) in [6.45, 7) is 3.84. The molecule has 7 nitrogen and oxygen atoms in total. The first-order chi connectivity index (χ1) is 13.2. The summed E-state index contributed by atoms with van der Waals surface area (Å²) in [4.78, 5) is 20.8. The minimum atomic E-state index is -4.46. The van der Waals surface area contributed by atoms with Gasteiger partial charge < -0.3 is 11.1 Å². The van der Waals surface area contributed by atoms with E-state index in [-0.39, 0.29) is 37.0 Å². The van der Waals surface area contributed by atoms with E-state index in [1.54, 1.807) is 4.52 Å². The van der Waals surface area contributed by atoms with Crippen LogP contribution in [-0.2, 0) is 23.9 Å². The molecule has 0 fully saturated rings. The summed E-state index contributed by atoms with van der Waals surface area (Å²) in [5.41, 5.74) is 7.19. The van der Waals surface area contributed by atoms with E-state index in [0.29, 0.717) is 23.7 Å². The first-order valence-electron chi connectivity index (χ1n) is 8.58. The lowest BCUT2D eigenvalue weighted by molar-refractivity contribution is -0.137. The summed E-state index contributed by atoms with van der Waals surface area (Å²) in [6, 6.07) is 4.54. The molecular weight excluding hydrogens is 409 g/mol. The maximum absolute atomic E-state index is 12.8. The zero-order valence-corrected chi connectivity index (χ0v) is 16.6.